The van der Waals surface area contributed by atoms with Crippen molar-refractivity contribution in [1.82, 2.24) is 19.4 Å². The van der Waals surface area contributed by atoms with Crippen LogP contribution in [-0.4, -0.2) is 47.8 Å². The Morgan fingerprint density at radius 2 is 1.97 bits per heavy atom. The third kappa shape index (κ3) is 5.45. The van der Waals surface area contributed by atoms with Crippen molar-refractivity contribution < 1.29 is 26.4 Å². The molecule has 1 aliphatic heterocycles. The molecule has 7 nitrogen and oxygen atoms in total. The molecule has 2 heterocycles. The van der Waals surface area contributed by atoms with Gasteiger partial charge < -0.3 is 5.32 Å². The second-order valence-electron chi connectivity index (χ2n) is 7.86. The zero-order valence-corrected chi connectivity index (χ0v) is 18.3. The number of sulfonamides is 1. The summed E-state index contributed by atoms with van der Waals surface area (Å²) in [5.41, 5.74) is 0.766. The van der Waals surface area contributed by atoms with E-state index < -0.39 is 33.6 Å². The summed E-state index contributed by atoms with van der Waals surface area (Å²) in [6.07, 6.45) is -2.52. The molecule has 1 aliphatic rings. The average Bonchev–Trinajstić information content (AvgIpc) is 3.02. The molecule has 1 atom stereocenters. The van der Waals surface area contributed by atoms with Gasteiger partial charge in [0.2, 0.25) is 15.9 Å². The standard InChI is InChI=1S/C20H25F3N4O3S/c1-13-9-14(2)27(25-13)17-7-6-15(18(10-17)20(21,22)23)11-24-19(28)16-5-4-8-26(12-16)31(3,29)30/h6-7,9-10,16H,4-5,8,11-12H2,1-3H3,(H,24,28). The van der Waals surface area contributed by atoms with Crippen LogP contribution in [0.25, 0.3) is 5.69 Å². The number of hydrogen-bond donors (Lipinski definition) is 1. The second kappa shape index (κ2) is 8.62. The number of piperidine rings is 1. The van der Waals surface area contributed by atoms with Gasteiger partial charge in [-0.2, -0.15) is 18.3 Å². The molecule has 0 saturated carbocycles. The SMILES string of the molecule is Cc1cc(C)n(-c2ccc(CNC(=O)C3CCCN(S(C)(=O)=O)C3)c(C(F)(F)F)c2)n1. The number of nitrogens with one attached hydrogen (secondary N) is 1. The second-order valence-corrected chi connectivity index (χ2v) is 9.84. The van der Waals surface area contributed by atoms with Gasteiger partial charge in [-0.05, 0) is 50.5 Å². The smallest absolute Gasteiger partial charge is 0.352 e. The summed E-state index contributed by atoms with van der Waals surface area (Å²) < 4.78 is 67.2. The minimum absolute atomic E-state index is 0.0354. The Morgan fingerprint density at radius 1 is 1.26 bits per heavy atom. The monoisotopic (exact) mass is 458 g/mol. The zero-order valence-electron chi connectivity index (χ0n) is 17.5. The molecule has 3 rings (SSSR count). The summed E-state index contributed by atoms with van der Waals surface area (Å²) in [7, 11) is -3.42. The van der Waals surface area contributed by atoms with Gasteiger partial charge in [0.15, 0.2) is 0 Å². The van der Waals surface area contributed by atoms with E-state index in [1.165, 1.54) is 21.1 Å². The minimum atomic E-state index is -4.61. The first-order valence-electron chi connectivity index (χ1n) is 9.83. The van der Waals surface area contributed by atoms with Gasteiger partial charge in [-0.3, -0.25) is 4.79 Å². The number of aromatic nitrogens is 2. The number of rotatable bonds is 5. The normalized spacial score (nSPS) is 18.2. The Bertz CT molecular complexity index is 1080. The Hall–Kier alpha value is -2.40. The number of carbonyl (C=O) groups is 1. The van der Waals surface area contributed by atoms with E-state index in [9.17, 15) is 26.4 Å². The summed E-state index contributed by atoms with van der Waals surface area (Å²) >= 11 is 0. The molecule has 2 aromatic rings. The topological polar surface area (TPSA) is 84.3 Å². The van der Waals surface area contributed by atoms with Crippen LogP contribution in [0.2, 0.25) is 0 Å². The fraction of sp³-hybridized carbons (Fsp3) is 0.500. The van der Waals surface area contributed by atoms with Crippen LogP contribution < -0.4 is 5.32 Å². The Morgan fingerprint density at radius 3 is 2.55 bits per heavy atom. The number of amides is 1. The Kier molecular flexibility index (Phi) is 6.47. The van der Waals surface area contributed by atoms with Crippen LogP contribution >= 0.6 is 0 Å². The molecule has 0 bridgehead atoms. The molecule has 0 spiro atoms. The molecule has 1 aromatic carbocycles. The molecule has 1 unspecified atom stereocenters. The van der Waals surface area contributed by atoms with E-state index in [0.29, 0.717) is 30.8 Å². The van der Waals surface area contributed by atoms with Crippen LogP contribution in [0.4, 0.5) is 13.2 Å². The van der Waals surface area contributed by atoms with Crippen molar-refractivity contribution in [2.75, 3.05) is 19.3 Å². The number of carbonyl (C=O) groups excluding carboxylic acids is 1. The molecular weight excluding hydrogens is 433 g/mol. The Balaban J connectivity index is 1.78. The van der Waals surface area contributed by atoms with Crippen LogP contribution in [0.3, 0.4) is 0 Å². The van der Waals surface area contributed by atoms with Crippen molar-refractivity contribution in [2.45, 2.75) is 39.4 Å². The molecule has 0 radical (unpaired) electrons. The lowest BCUT2D eigenvalue weighted by molar-refractivity contribution is -0.138. The van der Waals surface area contributed by atoms with E-state index in [0.717, 1.165) is 12.3 Å². The number of alkyl halides is 3. The van der Waals surface area contributed by atoms with E-state index in [1.807, 2.05) is 0 Å². The van der Waals surface area contributed by atoms with Gasteiger partial charge in [-0.1, -0.05) is 6.07 Å². The maximum absolute atomic E-state index is 13.7. The number of aryl methyl sites for hydroxylation is 2. The van der Waals surface area contributed by atoms with E-state index in [2.05, 4.69) is 10.4 Å². The molecule has 1 saturated heterocycles. The molecule has 170 valence electrons. The third-order valence-corrected chi connectivity index (χ3v) is 6.60. The van der Waals surface area contributed by atoms with Crippen molar-refractivity contribution in [3.05, 3.63) is 46.8 Å². The number of halogens is 3. The number of benzene rings is 1. The van der Waals surface area contributed by atoms with E-state index >= 15 is 0 Å². The van der Waals surface area contributed by atoms with E-state index in [1.54, 1.807) is 19.9 Å². The molecule has 0 aliphatic carbocycles. The quantitative estimate of drug-likeness (QED) is 0.747. The maximum Gasteiger partial charge on any atom is 0.416 e. The summed E-state index contributed by atoms with van der Waals surface area (Å²) in [6, 6.07) is 5.65. The van der Waals surface area contributed by atoms with Gasteiger partial charge in [0.1, 0.15) is 0 Å². The van der Waals surface area contributed by atoms with Gasteiger partial charge in [-0.15, -0.1) is 0 Å². The van der Waals surface area contributed by atoms with Gasteiger partial charge in [0, 0.05) is 25.3 Å². The van der Waals surface area contributed by atoms with Crippen LogP contribution in [0, 0.1) is 19.8 Å². The lowest BCUT2D eigenvalue weighted by Crippen LogP contribution is -2.45. The highest BCUT2D eigenvalue weighted by Crippen LogP contribution is 2.34. The van der Waals surface area contributed by atoms with Gasteiger partial charge in [-0.25, -0.2) is 17.4 Å². The highest BCUT2D eigenvalue weighted by Gasteiger charge is 2.35. The summed E-state index contributed by atoms with van der Waals surface area (Å²) in [6.45, 7) is 3.59. The van der Waals surface area contributed by atoms with Crippen molar-refractivity contribution in [2.24, 2.45) is 5.92 Å². The van der Waals surface area contributed by atoms with Gasteiger partial charge in [0.25, 0.3) is 0 Å². The van der Waals surface area contributed by atoms with Crippen LogP contribution in [0.15, 0.2) is 24.3 Å². The first kappa shape index (κ1) is 23.3. The van der Waals surface area contributed by atoms with Crippen molar-refractivity contribution in [1.29, 1.82) is 0 Å². The predicted octanol–water partition coefficient (Wildman–Crippen LogP) is 2.80. The predicted molar refractivity (Wildman–Crippen MR) is 109 cm³/mol. The highest BCUT2D eigenvalue weighted by atomic mass is 32.2. The largest absolute Gasteiger partial charge is 0.416 e. The fourth-order valence-corrected chi connectivity index (χ4v) is 4.70. The lowest BCUT2D eigenvalue weighted by Gasteiger charge is -2.30. The zero-order chi connectivity index (χ0) is 23.0. The number of nitrogens with zero attached hydrogens (tertiary/aromatic N) is 3. The molecule has 1 N–H and O–H groups in total. The molecule has 1 fully saturated rings. The summed E-state index contributed by atoms with van der Waals surface area (Å²) in [4.78, 5) is 12.5. The molecule has 11 heteroatoms. The molecule has 31 heavy (non-hydrogen) atoms. The lowest BCUT2D eigenvalue weighted by atomic mass is 9.98. The first-order chi connectivity index (χ1) is 14.4. The van der Waals surface area contributed by atoms with E-state index in [-0.39, 0.29) is 24.3 Å². The molecule has 1 aromatic heterocycles. The maximum atomic E-state index is 13.7. The van der Waals surface area contributed by atoms with Gasteiger partial charge >= 0.3 is 6.18 Å². The van der Waals surface area contributed by atoms with Crippen LogP contribution in [-0.2, 0) is 27.5 Å². The molecule has 1 amide bonds. The van der Waals surface area contributed by atoms with Crippen molar-refractivity contribution in [3.8, 4) is 5.69 Å². The van der Waals surface area contributed by atoms with Crippen molar-refractivity contribution >= 4 is 15.9 Å². The van der Waals surface area contributed by atoms with Crippen molar-refractivity contribution in [3.63, 3.8) is 0 Å². The highest BCUT2D eigenvalue weighted by molar-refractivity contribution is 7.88. The summed E-state index contributed by atoms with van der Waals surface area (Å²) in [5, 5.41) is 6.77. The fourth-order valence-electron chi connectivity index (χ4n) is 3.79. The Labute approximate surface area is 179 Å². The minimum Gasteiger partial charge on any atom is -0.352 e. The third-order valence-electron chi connectivity index (χ3n) is 5.33. The van der Waals surface area contributed by atoms with Crippen LogP contribution in [0.5, 0.6) is 0 Å². The van der Waals surface area contributed by atoms with Crippen LogP contribution in [0.1, 0.15) is 35.4 Å². The van der Waals surface area contributed by atoms with E-state index in [4.69, 9.17) is 0 Å². The number of hydrogen-bond acceptors (Lipinski definition) is 4. The van der Waals surface area contributed by atoms with Gasteiger partial charge in [0.05, 0.1) is 29.1 Å². The summed E-state index contributed by atoms with van der Waals surface area (Å²) in [5.74, 6) is -1.05. The molecular formula is C20H25F3N4O3S. The average molecular weight is 459 g/mol. The first-order valence-corrected chi connectivity index (χ1v) is 11.7.